The van der Waals surface area contributed by atoms with Crippen molar-refractivity contribution in [3.8, 4) is 0 Å². The van der Waals surface area contributed by atoms with Crippen LogP contribution in [0.15, 0.2) is 12.2 Å². The van der Waals surface area contributed by atoms with Crippen LogP contribution in [0.3, 0.4) is 0 Å². The van der Waals surface area contributed by atoms with Crippen molar-refractivity contribution in [3.05, 3.63) is 12.2 Å². The minimum atomic E-state index is 0.755. The number of likely N-dealkylation sites (tertiary alicyclic amines) is 1. The molecule has 1 nitrogen and oxygen atoms in total. The van der Waals surface area contributed by atoms with E-state index in [-0.39, 0.29) is 0 Å². The molecule has 1 unspecified atom stereocenters. The Kier molecular flexibility index (Phi) is 4.37. The summed E-state index contributed by atoms with van der Waals surface area (Å²) >= 11 is 0. The Labute approximate surface area is 76.5 Å². The average Bonchev–Trinajstić information content (AvgIpc) is 2.50. The molecule has 1 heteroatoms. The summed E-state index contributed by atoms with van der Waals surface area (Å²) in [5, 5.41) is 0. The third-order valence-corrected chi connectivity index (χ3v) is 2.52. The Morgan fingerprint density at radius 2 is 2.25 bits per heavy atom. The summed E-state index contributed by atoms with van der Waals surface area (Å²) in [6.07, 6.45) is 9.92. The molecule has 70 valence electrons. The minimum absolute atomic E-state index is 0.755. The van der Waals surface area contributed by atoms with Gasteiger partial charge in [0.1, 0.15) is 0 Å². The lowest BCUT2D eigenvalue weighted by atomic mass is 10.2. The fraction of sp³-hybridized carbons (Fsp3) is 0.818. The van der Waals surface area contributed by atoms with Gasteiger partial charge in [-0.15, -0.1) is 0 Å². The molecule has 1 aliphatic rings. The van der Waals surface area contributed by atoms with E-state index in [9.17, 15) is 0 Å². The van der Waals surface area contributed by atoms with Gasteiger partial charge in [-0.1, -0.05) is 26.0 Å². The second-order valence-corrected chi connectivity index (χ2v) is 3.58. The van der Waals surface area contributed by atoms with Crippen LogP contribution in [0, 0.1) is 0 Å². The van der Waals surface area contributed by atoms with Crippen molar-refractivity contribution in [3.63, 3.8) is 0 Å². The van der Waals surface area contributed by atoms with Crippen LogP contribution < -0.4 is 0 Å². The van der Waals surface area contributed by atoms with Gasteiger partial charge in [0, 0.05) is 6.04 Å². The summed E-state index contributed by atoms with van der Waals surface area (Å²) < 4.78 is 0. The SMILES string of the molecule is CC/C=C\C1CCCN1CCC. The van der Waals surface area contributed by atoms with Gasteiger partial charge in [0.15, 0.2) is 0 Å². The summed E-state index contributed by atoms with van der Waals surface area (Å²) in [5.74, 6) is 0. The molecule has 0 aromatic carbocycles. The second kappa shape index (κ2) is 5.36. The van der Waals surface area contributed by atoms with Crippen LogP contribution in [0.5, 0.6) is 0 Å². The molecule has 0 amide bonds. The molecule has 0 aromatic heterocycles. The van der Waals surface area contributed by atoms with Gasteiger partial charge in [-0.3, -0.25) is 4.90 Å². The van der Waals surface area contributed by atoms with E-state index in [1.165, 1.54) is 38.8 Å². The van der Waals surface area contributed by atoms with Crippen molar-refractivity contribution in [2.75, 3.05) is 13.1 Å². The van der Waals surface area contributed by atoms with Crippen LogP contribution in [0.1, 0.15) is 39.5 Å². The van der Waals surface area contributed by atoms with E-state index in [1.807, 2.05) is 0 Å². The molecule has 1 rings (SSSR count). The average molecular weight is 167 g/mol. The Hall–Kier alpha value is -0.300. The molecule has 1 atom stereocenters. The van der Waals surface area contributed by atoms with Crippen LogP contribution in [0.25, 0.3) is 0 Å². The first-order valence-electron chi connectivity index (χ1n) is 5.29. The lowest BCUT2D eigenvalue weighted by Crippen LogP contribution is -2.28. The summed E-state index contributed by atoms with van der Waals surface area (Å²) in [6, 6.07) is 0.755. The highest BCUT2D eigenvalue weighted by Crippen LogP contribution is 2.18. The topological polar surface area (TPSA) is 3.24 Å². The molecule has 0 spiro atoms. The van der Waals surface area contributed by atoms with Crippen LogP contribution in [0.4, 0.5) is 0 Å². The van der Waals surface area contributed by atoms with Gasteiger partial charge in [0.2, 0.25) is 0 Å². The summed E-state index contributed by atoms with van der Waals surface area (Å²) in [6.45, 7) is 7.06. The van der Waals surface area contributed by atoms with E-state index in [1.54, 1.807) is 0 Å². The largest absolute Gasteiger partial charge is 0.297 e. The molecule has 1 aliphatic heterocycles. The van der Waals surface area contributed by atoms with Crippen molar-refractivity contribution >= 4 is 0 Å². The van der Waals surface area contributed by atoms with Gasteiger partial charge in [-0.2, -0.15) is 0 Å². The molecule has 1 fully saturated rings. The second-order valence-electron chi connectivity index (χ2n) is 3.58. The maximum absolute atomic E-state index is 2.60. The highest BCUT2D eigenvalue weighted by molar-refractivity contribution is 4.96. The van der Waals surface area contributed by atoms with Gasteiger partial charge in [-0.05, 0) is 38.8 Å². The van der Waals surface area contributed by atoms with Crippen molar-refractivity contribution in [1.82, 2.24) is 4.90 Å². The first kappa shape index (κ1) is 9.79. The van der Waals surface area contributed by atoms with Crippen LogP contribution in [0.2, 0.25) is 0 Å². The van der Waals surface area contributed by atoms with Gasteiger partial charge in [-0.25, -0.2) is 0 Å². The highest BCUT2D eigenvalue weighted by Gasteiger charge is 2.20. The van der Waals surface area contributed by atoms with Crippen molar-refractivity contribution in [2.24, 2.45) is 0 Å². The smallest absolute Gasteiger partial charge is 0.0278 e. The zero-order chi connectivity index (χ0) is 8.81. The van der Waals surface area contributed by atoms with E-state index in [0.29, 0.717) is 0 Å². The van der Waals surface area contributed by atoms with E-state index in [0.717, 1.165) is 6.04 Å². The van der Waals surface area contributed by atoms with E-state index < -0.39 is 0 Å². The molecule has 1 heterocycles. The van der Waals surface area contributed by atoms with Crippen LogP contribution >= 0.6 is 0 Å². The molecular weight excluding hydrogens is 146 g/mol. The van der Waals surface area contributed by atoms with Gasteiger partial charge in [0.05, 0.1) is 0 Å². The third kappa shape index (κ3) is 2.63. The first-order valence-corrected chi connectivity index (χ1v) is 5.29. The van der Waals surface area contributed by atoms with Crippen LogP contribution in [-0.2, 0) is 0 Å². The Morgan fingerprint density at radius 3 is 2.92 bits per heavy atom. The molecule has 0 bridgehead atoms. The summed E-state index contributed by atoms with van der Waals surface area (Å²) in [4.78, 5) is 2.60. The normalized spacial score (nSPS) is 25.7. The lowest BCUT2D eigenvalue weighted by molar-refractivity contribution is 0.290. The molecule has 0 aromatic rings. The minimum Gasteiger partial charge on any atom is -0.297 e. The Balaban J connectivity index is 2.35. The van der Waals surface area contributed by atoms with Crippen molar-refractivity contribution in [1.29, 1.82) is 0 Å². The zero-order valence-electron chi connectivity index (χ0n) is 8.42. The van der Waals surface area contributed by atoms with Gasteiger partial charge in [0.25, 0.3) is 0 Å². The molecule has 12 heavy (non-hydrogen) atoms. The van der Waals surface area contributed by atoms with Crippen LogP contribution in [-0.4, -0.2) is 24.0 Å². The standard InChI is InChI=1S/C11H21N/c1-3-5-7-11-8-6-10-12(11)9-4-2/h5,7,11H,3-4,6,8-10H2,1-2H3/b7-5-. The lowest BCUT2D eigenvalue weighted by Gasteiger charge is -2.20. The fourth-order valence-corrected chi connectivity index (χ4v) is 1.93. The third-order valence-electron chi connectivity index (χ3n) is 2.52. The zero-order valence-corrected chi connectivity index (χ0v) is 8.42. The predicted molar refractivity (Wildman–Crippen MR) is 54.3 cm³/mol. The van der Waals surface area contributed by atoms with Crippen molar-refractivity contribution in [2.45, 2.75) is 45.6 Å². The van der Waals surface area contributed by atoms with E-state index in [4.69, 9.17) is 0 Å². The van der Waals surface area contributed by atoms with E-state index in [2.05, 4.69) is 30.9 Å². The number of hydrogen-bond donors (Lipinski definition) is 0. The Bertz CT molecular complexity index is 140. The fourth-order valence-electron chi connectivity index (χ4n) is 1.93. The molecular formula is C11H21N. The van der Waals surface area contributed by atoms with Crippen molar-refractivity contribution < 1.29 is 0 Å². The number of allylic oxidation sites excluding steroid dienone is 1. The Morgan fingerprint density at radius 1 is 1.42 bits per heavy atom. The predicted octanol–water partition coefficient (Wildman–Crippen LogP) is 2.83. The maximum Gasteiger partial charge on any atom is 0.0278 e. The molecule has 1 saturated heterocycles. The van der Waals surface area contributed by atoms with Gasteiger partial charge >= 0.3 is 0 Å². The molecule has 0 saturated carbocycles. The summed E-state index contributed by atoms with van der Waals surface area (Å²) in [5.41, 5.74) is 0. The maximum atomic E-state index is 2.60. The van der Waals surface area contributed by atoms with Gasteiger partial charge < -0.3 is 0 Å². The number of rotatable bonds is 4. The first-order chi connectivity index (χ1) is 5.88. The van der Waals surface area contributed by atoms with E-state index >= 15 is 0 Å². The molecule has 0 N–H and O–H groups in total. The molecule has 0 radical (unpaired) electrons. The number of hydrogen-bond acceptors (Lipinski definition) is 1. The number of nitrogens with zero attached hydrogens (tertiary/aromatic N) is 1. The summed E-state index contributed by atoms with van der Waals surface area (Å²) in [7, 11) is 0. The molecule has 0 aliphatic carbocycles. The highest BCUT2D eigenvalue weighted by atomic mass is 15.2. The monoisotopic (exact) mass is 167 g/mol. The quantitative estimate of drug-likeness (QED) is 0.582.